The molecule has 43 heavy (non-hydrogen) atoms. The summed E-state index contributed by atoms with van der Waals surface area (Å²) in [7, 11) is 0. The van der Waals surface area contributed by atoms with Crippen molar-refractivity contribution in [3.8, 4) is 11.5 Å². The zero-order valence-corrected chi connectivity index (χ0v) is 25.0. The molecule has 13 nitrogen and oxygen atoms in total. The van der Waals surface area contributed by atoms with Gasteiger partial charge in [-0.2, -0.15) is 0 Å². The second-order valence-corrected chi connectivity index (χ2v) is 10.0. The summed E-state index contributed by atoms with van der Waals surface area (Å²) < 4.78 is 38.6. The minimum Gasteiger partial charge on any atom is -0.461 e. The number of hydrogen-bond acceptors (Lipinski definition) is 13. The van der Waals surface area contributed by atoms with E-state index in [-0.39, 0.29) is 17.1 Å². The lowest BCUT2D eigenvalue weighted by atomic mass is 9.98. The van der Waals surface area contributed by atoms with Crippen LogP contribution in [0.5, 0.6) is 11.5 Å². The van der Waals surface area contributed by atoms with Crippen molar-refractivity contribution in [1.82, 2.24) is 0 Å². The molecule has 0 spiro atoms. The molecule has 1 aliphatic heterocycles. The van der Waals surface area contributed by atoms with Crippen LogP contribution in [0, 0.1) is 0 Å². The normalized spacial score (nSPS) is 23.1. The summed E-state index contributed by atoms with van der Waals surface area (Å²) in [5.74, 6) is -3.12. The van der Waals surface area contributed by atoms with Crippen LogP contribution in [0.1, 0.15) is 54.4 Å². The number of allylic oxidation sites excluding steroid dienone is 1. The lowest BCUT2D eigenvalue weighted by Gasteiger charge is -2.43. The van der Waals surface area contributed by atoms with Crippen molar-refractivity contribution >= 4 is 29.8 Å². The van der Waals surface area contributed by atoms with Gasteiger partial charge in [-0.15, -0.1) is 6.58 Å². The number of aliphatic hydroxyl groups is 1. The fourth-order valence-electron chi connectivity index (χ4n) is 4.01. The fraction of sp³-hybridized carbons (Fsp3) is 0.500. The summed E-state index contributed by atoms with van der Waals surface area (Å²) in [6, 6.07) is 5.82. The number of hydrogen-bond donors (Lipinski definition) is 1. The van der Waals surface area contributed by atoms with Gasteiger partial charge in [0.25, 0.3) is 0 Å². The van der Waals surface area contributed by atoms with Crippen LogP contribution in [0.4, 0.5) is 0 Å². The van der Waals surface area contributed by atoms with E-state index in [1.807, 2.05) is 0 Å². The van der Waals surface area contributed by atoms with Crippen molar-refractivity contribution < 1.29 is 62.2 Å². The van der Waals surface area contributed by atoms with Gasteiger partial charge in [-0.05, 0) is 51.0 Å². The van der Waals surface area contributed by atoms with Crippen LogP contribution in [0.15, 0.2) is 48.6 Å². The first-order valence-corrected chi connectivity index (χ1v) is 13.4. The molecule has 0 aromatic heterocycles. The Balaban J connectivity index is 2.35. The monoisotopic (exact) mass is 606 g/mol. The third-order valence-corrected chi connectivity index (χ3v) is 6.08. The minimum atomic E-state index is -1.43. The first kappa shape index (κ1) is 35.0. The number of rotatable bonds is 13. The third kappa shape index (κ3) is 11.5. The zero-order valence-electron chi connectivity index (χ0n) is 25.0. The molecule has 236 valence electrons. The van der Waals surface area contributed by atoms with Gasteiger partial charge in [0.15, 0.2) is 12.2 Å². The highest BCUT2D eigenvalue weighted by atomic mass is 16.7. The summed E-state index contributed by atoms with van der Waals surface area (Å²) in [6.07, 6.45) is -3.17. The van der Waals surface area contributed by atoms with Crippen LogP contribution in [0.3, 0.4) is 0 Å². The predicted octanol–water partition coefficient (Wildman–Crippen LogP) is 2.72. The molecule has 1 aromatic rings. The lowest BCUT2D eigenvalue weighted by molar-refractivity contribution is -0.288. The average molecular weight is 607 g/mol. The molecule has 1 fully saturated rings. The Morgan fingerprint density at radius 3 is 1.93 bits per heavy atom. The molecule has 1 aliphatic rings. The van der Waals surface area contributed by atoms with Gasteiger partial charge in [-0.3, -0.25) is 19.2 Å². The van der Waals surface area contributed by atoms with E-state index in [0.717, 1.165) is 20.8 Å². The summed E-state index contributed by atoms with van der Waals surface area (Å²) >= 11 is 0. The Kier molecular flexibility index (Phi) is 12.9. The summed E-state index contributed by atoms with van der Waals surface area (Å²) in [5.41, 5.74) is -0.858. The number of benzene rings is 1. The van der Waals surface area contributed by atoms with E-state index in [1.165, 1.54) is 44.2 Å². The highest BCUT2D eigenvalue weighted by Crippen LogP contribution is 2.31. The highest BCUT2D eigenvalue weighted by molar-refractivity contribution is 5.87. The molecule has 2 rings (SSSR count). The largest absolute Gasteiger partial charge is 0.461 e. The topological polar surface area (TPSA) is 170 Å². The molecule has 6 unspecified atom stereocenters. The SMILES string of the molecule is C=CC(C)(O)CCC=C(C)C(=O)OCC1OC(Oc2ccc(OC(C)=O)cc2)C(OC(C)=O)C(OC(C)=O)C1OC(C)=O. The molecular formula is C30H38O13. The molecule has 1 saturated heterocycles. The minimum absolute atomic E-state index is 0.190. The maximum absolute atomic E-state index is 12.7. The van der Waals surface area contributed by atoms with Gasteiger partial charge in [-0.25, -0.2) is 4.79 Å². The van der Waals surface area contributed by atoms with Crippen molar-refractivity contribution in [1.29, 1.82) is 0 Å². The van der Waals surface area contributed by atoms with Gasteiger partial charge in [0.2, 0.25) is 12.4 Å². The van der Waals surface area contributed by atoms with E-state index < -0.39 is 72.8 Å². The van der Waals surface area contributed by atoms with Gasteiger partial charge in [0.05, 0.1) is 5.60 Å². The van der Waals surface area contributed by atoms with E-state index in [0.29, 0.717) is 12.8 Å². The van der Waals surface area contributed by atoms with Crippen molar-refractivity contribution in [2.24, 2.45) is 0 Å². The maximum atomic E-state index is 12.7. The van der Waals surface area contributed by atoms with Crippen LogP contribution in [0.2, 0.25) is 0 Å². The summed E-state index contributed by atoms with van der Waals surface area (Å²) in [5, 5.41) is 10.1. The second kappa shape index (κ2) is 15.8. The van der Waals surface area contributed by atoms with Gasteiger partial charge >= 0.3 is 29.8 Å². The molecule has 1 aromatic carbocycles. The Bertz CT molecular complexity index is 1200. The fourth-order valence-corrected chi connectivity index (χ4v) is 4.01. The average Bonchev–Trinajstić information content (AvgIpc) is 2.90. The molecule has 0 saturated carbocycles. The lowest BCUT2D eigenvalue weighted by Crippen LogP contribution is -2.63. The highest BCUT2D eigenvalue weighted by Gasteiger charge is 2.53. The molecule has 1 N–H and O–H groups in total. The maximum Gasteiger partial charge on any atom is 0.333 e. The Hall–Kier alpha value is -4.23. The van der Waals surface area contributed by atoms with Crippen molar-refractivity contribution in [2.45, 2.75) is 90.7 Å². The van der Waals surface area contributed by atoms with Gasteiger partial charge < -0.3 is 38.3 Å². The van der Waals surface area contributed by atoms with Crippen LogP contribution >= 0.6 is 0 Å². The number of esters is 5. The van der Waals surface area contributed by atoms with E-state index in [9.17, 15) is 29.1 Å². The molecule has 1 heterocycles. The number of carbonyl (C=O) groups is 5. The molecule has 0 amide bonds. The summed E-state index contributed by atoms with van der Waals surface area (Å²) in [4.78, 5) is 60.1. The Labute approximate surface area is 249 Å². The first-order chi connectivity index (χ1) is 20.1. The smallest absolute Gasteiger partial charge is 0.333 e. The van der Waals surface area contributed by atoms with Crippen LogP contribution in [-0.2, 0) is 47.7 Å². The van der Waals surface area contributed by atoms with Crippen molar-refractivity contribution in [3.63, 3.8) is 0 Å². The van der Waals surface area contributed by atoms with E-state index in [1.54, 1.807) is 13.0 Å². The molecule has 0 aliphatic carbocycles. The Morgan fingerprint density at radius 1 is 0.860 bits per heavy atom. The van der Waals surface area contributed by atoms with Crippen LogP contribution in [-0.4, -0.2) is 77.9 Å². The number of carbonyl (C=O) groups excluding carboxylic acids is 5. The predicted molar refractivity (Wildman–Crippen MR) is 148 cm³/mol. The molecular weight excluding hydrogens is 568 g/mol. The standard InChI is InChI=1S/C30H38O13/c1-8-30(7,36)15-9-10-17(2)28(35)37-16-24-25(39-19(4)32)26(40-20(5)33)27(41-21(6)34)29(43-24)42-23-13-11-22(12-14-23)38-18(3)31/h8,10-14,24-27,29,36H,1,9,15-16H2,2-7H3. The van der Waals surface area contributed by atoms with E-state index in [4.69, 9.17) is 33.2 Å². The molecule has 0 radical (unpaired) electrons. The number of ether oxygens (including phenoxy) is 7. The zero-order chi connectivity index (χ0) is 32.3. The van der Waals surface area contributed by atoms with E-state index >= 15 is 0 Å². The Morgan fingerprint density at radius 2 is 1.40 bits per heavy atom. The van der Waals surface area contributed by atoms with Crippen molar-refractivity contribution in [2.75, 3.05) is 6.61 Å². The molecule has 13 heteroatoms. The van der Waals surface area contributed by atoms with Crippen molar-refractivity contribution in [3.05, 3.63) is 48.6 Å². The molecule has 6 atom stereocenters. The third-order valence-electron chi connectivity index (χ3n) is 6.08. The van der Waals surface area contributed by atoms with Gasteiger partial charge in [-0.1, -0.05) is 12.2 Å². The van der Waals surface area contributed by atoms with Gasteiger partial charge in [0.1, 0.15) is 24.2 Å². The summed E-state index contributed by atoms with van der Waals surface area (Å²) in [6.45, 7) is 10.8. The first-order valence-electron chi connectivity index (χ1n) is 13.4. The van der Waals surface area contributed by atoms with E-state index in [2.05, 4.69) is 6.58 Å². The van der Waals surface area contributed by atoms with Gasteiger partial charge in [0, 0.05) is 33.3 Å². The molecule has 0 bridgehead atoms. The second-order valence-electron chi connectivity index (χ2n) is 10.0. The van der Waals surface area contributed by atoms with Crippen LogP contribution in [0.25, 0.3) is 0 Å². The van der Waals surface area contributed by atoms with Crippen LogP contribution < -0.4 is 9.47 Å². The quantitative estimate of drug-likeness (QED) is 0.114.